The van der Waals surface area contributed by atoms with E-state index in [1.165, 1.54) is 52.2 Å². The third-order valence-corrected chi connectivity index (χ3v) is 25.6. The standard InChI is InChI=1S/C40H52N8O5S.C33H38N6O6S.C7H16N2/c1-24(2)48-37(36(41-43-48)40(50)46-21-25(3)45(7)26(4)22-46)30-18-29-19-31(53-8)15-17-32(29)38-35(27-12-10-9-11-13-27)33-16-14-28(20-34(33)47(38)23-30)39(49)42-54(51,52)44(5)6;1-19(2)39-30(29(33(41)42)34-36-39)23-15-22-16-24(45-5)12-14-25(22)31-28(20-9-7-6-8-10-20)26-13-11-21(17-27(26)38(31)18-23)32(40)35-46(43,44)37(3)4;1-6-4-8-5-7(2)9(6)3/h14-20,24-27H,9-13,21-23H2,1-8H3,(H,42,49);11-17,19-20H,6-10,18H2,1-5H3,(H,35,40)(H,41,42);6-8H,4-5H2,1-3H3/t25-,26+;;6-,7+. The first kappa shape index (κ1) is 79.5. The number of carbonyl (C=O) groups is 4. The van der Waals surface area contributed by atoms with Crippen molar-refractivity contribution in [1.29, 1.82) is 0 Å². The zero-order valence-corrected chi connectivity index (χ0v) is 67.3. The Morgan fingerprint density at radius 3 is 1.31 bits per heavy atom. The highest BCUT2D eigenvalue weighted by Crippen LogP contribution is 2.51. The number of hydrogen-bond acceptors (Lipinski definition) is 17. The van der Waals surface area contributed by atoms with Crippen LogP contribution in [0, 0.1) is 0 Å². The van der Waals surface area contributed by atoms with Crippen molar-refractivity contribution in [1.82, 2.24) is 77.2 Å². The summed E-state index contributed by atoms with van der Waals surface area (Å²) in [5, 5.41) is 32.9. The van der Waals surface area contributed by atoms with E-state index in [4.69, 9.17) is 9.47 Å². The maximum absolute atomic E-state index is 14.5. The zero-order valence-electron chi connectivity index (χ0n) is 65.7. The summed E-state index contributed by atoms with van der Waals surface area (Å²) in [6.07, 6.45) is 15.1. The van der Waals surface area contributed by atoms with Crippen molar-refractivity contribution in [3.8, 4) is 34.0 Å². The van der Waals surface area contributed by atoms with Crippen LogP contribution in [0.1, 0.15) is 219 Å². The number of nitrogens with zero attached hydrogens (tertiary/aromatic N) is 13. The van der Waals surface area contributed by atoms with Gasteiger partial charge in [-0.05, 0) is 202 Å². The number of rotatable bonds is 16. The lowest BCUT2D eigenvalue weighted by Gasteiger charge is -2.42. The molecule has 27 nitrogen and oxygen atoms in total. The molecular formula is C80H106N16O11S2. The van der Waals surface area contributed by atoms with Gasteiger partial charge in [0.05, 0.1) is 44.4 Å². The molecule has 109 heavy (non-hydrogen) atoms. The monoisotopic (exact) mass is 1530 g/mol. The third-order valence-electron chi connectivity index (χ3n) is 22.8. The van der Waals surface area contributed by atoms with E-state index >= 15 is 0 Å². The second kappa shape index (κ2) is 32.5. The molecule has 8 heterocycles. The summed E-state index contributed by atoms with van der Waals surface area (Å²) in [6, 6.07) is 24.3. The fraction of sp³-hybridized carbons (Fsp3) is 0.500. The molecule has 14 rings (SSSR count). The van der Waals surface area contributed by atoms with Gasteiger partial charge < -0.3 is 33.9 Å². The number of aromatic nitrogens is 8. The molecule has 0 bridgehead atoms. The number of benzene rings is 4. The molecule has 8 aromatic rings. The van der Waals surface area contributed by atoms with Crippen molar-refractivity contribution in [2.75, 3.05) is 82.7 Å². The number of carbonyl (C=O) groups excluding carboxylic acids is 3. The van der Waals surface area contributed by atoms with Crippen LogP contribution in [0.4, 0.5) is 0 Å². The van der Waals surface area contributed by atoms with Gasteiger partial charge in [0.1, 0.15) is 17.2 Å². The fourth-order valence-electron chi connectivity index (χ4n) is 16.3. The van der Waals surface area contributed by atoms with Crippen molar-refractivity contribution in [2.45, 2.75) is 181 Å². The molecule has 2 saturated carbocycles. The number of fused-ring (bicyclic) bond motifs is 10. The van der Waals surface area contributed by atoms with Crippen molar-refractivity contribution in [3.05, 3.63) is 129 Å². The Bertz CT molecular complexity index is 5070. The number of allylic oxidation sites excluding steroid dienone is 2. The maximum atomic E-state index is 14.5. The van der Waals surface area contributed by atoms with Crippen molar-refractivity contribution in [3.63, 3.8) is 0 Å². The van der Waals surface area contributed by atoms with Crippen molar-refractivity contribution < 1.29 is 50.6 Å². The molecule has 3 amide bonds. The van der Waals surface area contributed by atoms with Gasteiger partial charge in [0.2, 0.25) is 0 Å². The number of nitrogens with one attached hydrogen (secondary N) is 3. The van der Waals surface area contributed by atoms with Gasteiger partial charge in [0.25, 0.3) is 17.7 Å². The van der Waals surface area contributed by atoms with Crippen molar-refractivity contribution >= 4 is 89.2 Å². The summed E-state index contributed by atoms with van der Waals surface area (Å²) in [7, 11) is 4.98. The molecule has 6 aliphatic rings. The SMILES string of the molecule is COc1ccc2c(c1)C=C(c1c(C(=O)N3C[C@@H](C)N(C)[C@@H](C)C3)nnn1C(C)C)Cn1c-2c(C2CCCCC2)c2ccc(C(=O)NS(=O)(=O)N(C)C)cc21.COc1ccc2c(c1)C=C(c1c(C(=O)O)nnn1C(C)C)Cn1c-2c(C2CCCCC2)c2ccc(C(=O)NS(=O)(=O)N(C)C)cc21.C[C@@H]1CNC[C@H](C)N1C. The fourth-order valence-corrected chi connectivity index (χ4v) is 17.4. The van der Waals surface area contributed by atoms with E-state index in [1.807, 2.05) is 85.8 Å². The van der Waals surface area contributed by atoms with Crippen LogP contribution < -0.4 is 24.2 Å². The van der Waals surface area contributed by atoms with Crippen LogP contribution in [0.5, 0.6) is 11.5 Å². The molecule has 4 aromatic heterocycles. The van der Waals surface area contributed by atoms with E-state index in [1.54, 1.807) is 43.2 Å². The molecule has 0 unspecified atom stereocenters. The van der Waals surface area contributed by atoms with Crippen LogP contribution in [0.2, 0.25) is 0 Å². The van der Waals surface area contributed by atoms with Gasteiger partial charge in [0.15, 0.2) is 11.4 Å². The van der Waals surface area contributed by atoms with Crippen LogP contribution >= 0.6 is 0 Å². The first-order chi connectivity index (χ1) is 51.8. The summed E-state index contributed by atoms with van der Waals surface area (Å²) < 4.78 is 75.9. The number of carboxylic acid groups (broad SMARTS) is 1. The van der Waals surface area contributed by atoms with Gasteiger partial charge in [0, 0.05) is 146 Å². The largest absolute Gasteiger partial charge is 0.497 e. The zero-order chi connectivity index (χ0) is 78.4. The molecule has 0 spiro atoms. The summed E-state index contributed by atoms with van der Waals surface area (Å²) in [4.78, 5) is 60.3. The normalized spacial score (nSPS) is 19.5. The van der Waals surface area contributed by atoms with E-state index in [2.05, 4.69) is 108 Å². The molecule has 4 fully saturated rings. The number of ether oxygens (including phenoxy) is 2. The lowest BCUT2D eigenvalue weighted by molar-refractivity contribution is 0.0409. The lowest BCUT2D eigenvalue weighted by atomic mass is 9.81. The molecule has 2 saturated heterocycles. The van der Waals surface area contributed by atoms with E-state index in [9.17, 15) is 41.1 Å². The van der Waals surface area contributed by atoms with Gasteiger partial charge in [-0.2, -0.15) is 25.4 Å². The number of amides is 3. The highest BCUT2D eigenvalue weighted by Gasteiger charge is 2.39. The Balaban J connectivity index is 0.000000184. The molecule has 4 N–H and O–H groups in total. The van der Waals surface area contributed by atoms with Gasteiger partial charge in [-0.15, -0.1) is 10.2 Å². The molecule has 4 atom stereocenters. The van der Waals surface area contributed by atoms with Gasteiger partial charge in [-0.1, -0.05) is 61.1 Å². The first-order valence-corrected chi connectivity index (χ1v) is 40.9. The van der Waals surface area contributed by atoms with Crippen LogP contribution in [-0.2, 0) is 33.5 Å². The predicted octanol–water partition coefficient (Wildman–Crippen LogP) is 11.4. The first-order valence-electron chi connectivity index (χ1n) is 38.0. The van der Waals surface area contributed by atoms with Gasteiger partial charge in [-0.3, -0.25) is 24.2 Å². The quantitative estimate of drug-likeness (QED) is 0.0699. The molecule has 4 aromatic carbocycles. The molecule has 2 aliphatic carbocycles. The number of piperazine rings is 2. The topological polar surface area (TPSA) is 299 Å². The molecule has 0 radical (unpaired) electrons. The Kier molecular flexibility index (Phi) is 23.7. The Morgan fingerprint density at radius 1 is 0.541 bits per heavy atom. The number of hydrogen-bond donors (Lipinski definition) is 4. The minimum absolute atomic E-state index is 0.0964. The van der Waals surface area contributed by atoms with Crippen molar-refractivity contribution in [2.24, 2.45) is 0 Å². The molecule has 584 valence electrons. The Hall–Kier alpha value is -9.10. The van der Waals surface area contributed by atoms with Crippen LogP contribution in [0.25, 0.3) is 67.6 Å². The number of methoxy groups -OCH3 is 2. The number of aromatic carboxylic acids is 1. The number of carboxylic acids is 1. The predicted molar refractivity (Wildman–Crippen MR) is 425 cm³/mol. The minimum atomic E-state index is -4.01. The molecule has 29 heteroatoms. The second-order valence-corrected chi connectivity index (χ2v) is 34.8. The van der Waals surface area contributed by atoms with Crippen LogP contribution in [-0.4, -0.2) is 215 Å². The lowest BCUT2D eigenvalue weighted by Crippen LogP contribution is -2.56. The third kappa shape index (κ3) is 16.0. The molecular weight excluding hydrogens is 1430 g/mol. The second-order valence-electron chi connectivity index (χ2n) is 31.1. The maximum Gasteiger partial charge on any atom is 0.358 e. The van der Waals surface area contributed by atoms with E-state index in [0.717, 1.165) is 134 Å². The van der Waals surface area contributed by atoms with E-state index in [-0.39, 0.29) is 59.4 Å². The Morgan fingerprint density at radius 2 is 0.936 bits per heavy atom. The number of likely N-dealkylation sites (N-methyl/N-ethyl adjacent to an activating group) is 2. The van der Waals surface area contributed by atoms with Crippen LogP contribution in [0.15, 0.2) is 72.8 Å². The summed E-state index contributed by atoms with van der Waals surface area (Å²) in [5.41, 5.74) is 12.9. The summed E-state index contributed by atoms with van der Waals surface area (Å²) in [6.45, 7) is 20.7. The minimum Gasteiger partial charge on any atom is -0.497 e. The van der Waals surface area contributed by atoms with E-state index < -0.39 is 38.2 Å². The van der Waals surface area contributed by atoms with Gasteiger partial charge in [-0.25, -0.2) is 23.6 Å². The summed E-state index contributed by atoms with van der Waals surface area (Å²) in [5.74, 6) is -0.842. The highest BCUT2D eigenvalue weighted by molar-refractivity contribution is 7.88. The van der Waals surface area contributed by atoms with Crippen LogP contribution in [0.3, 0.4) is 0 Å². The highest BCUT2D eigenvalue weighted by atomic mass is 32.2. The molecule has 4 aliphatic heterocycles. The smallest absolute Gasteiger partial charge is 0.358 e. The average molecular weight is 1530 g/mol. The van der Waals surface area contributed by atoms with Gasteiger partial charge >= 0.3 is 26.4 Å². The Labute approximate surface area is 640 Å². The average Bonchev–Trinajstić information content (AvgIpc) is 1.57. The van der Waals surface area contributed by atoms with E-state index in [0.29, 0.717) is 71.8 Å². The summed E-state index contributed by atoms with van der Waals surface area (Å²) >= 11 is 0.